The molecular weight excluding hydrogens is 1220 g/mol. The summed E-state index contributed by atoms with van der Waals surface area (Å²) in [4.78, 5) is 103. The largest absolute Gasteiger partial charge is 0.493 e. The highest BCUT2D eigenvalue weighted by molar-refractivity contribution is 6.07. The van der Waals surface area contributed by atoms with Crippen molar-refractivity contribution in [1.29, 1.82) is 0 Å². The number of ether oxygens (including phenoxy) is 9. The molecule has 8 rings (SSSR count). The van der Waals surface area contributed by atoms with Crippen LogP contribution < -0.4 is 45.1 Å². The quantitative estimate of drug-likeness (QED) is 0.0350. The SMILES string of the molecule is C/C=C/C1=CN2C(=O)c3cc(OC)c(OCCCOc4cc5c(cc4OC)C(=O)N4C=CC[C@H]4C=N5)cc3N(C(=O)OCc3ccc(NC(=O)[C@H](C)NC(=O)[C@@H](NC(=O)CCOCCOCCOCCOCCNC(=O)CC4CCCCCCCC4)C(C)C)cc3)[C@@H](O)[C@@H]2C1. The van der Waals surface area contributed by atoms with E-state index >= 15 is 0 Å². The summed E-state index contributed by atoms with van der Waals surface area (Å²) in [5, 5.41) is 23.3. The van der Waals surface area contributed by atoms with Gasteiger partial charge in [-0.15, -0.1) is 0 Å². The van der Waals surface area contributed by atoms with E-state index in [-0.39, 0.29) is 92.4 Å². The third kappa shape index (κ3) is 20.8. The molecule has 4 heterocycles. The van der Waals surface area contributed by atoms with Crippen LogP contribution in [0.15, 0.2) is 89.7 Å². The average molecular weight is 1320 g/mol. The number of methoxy groups -OCH3 is 2. The van der Waals surface area contributed by atoms with Gasteiger partial charge in [-0.3, -0.25) is 33.8 Å². The minimum Gasteiger partial charge on any atom is -0.493 e. The molecule has 3 aromatic carbocycles. The first-order chi connectivity index (χ1) is 46.1. The Balaban J connectivity index is 0.745. The van der Waals surface area contributed by atoms with Gasteiger partial charge in [-0.2, -0.15) is 0 Å². The molecule has 7 amide bonds. The minimum atomic E-state index is -1.57. The van der Waals surface area contributed by atoms with Crippen LogP contribution in [0.25, 0.3) is 0 Å². The summed E-state index contributed by atoms with van der Waals surface area (Å²) in [6, 6.07) is 9.72. The van der Waals surface area contributed by atoms with E-state index in [1.807, 2.05) is 25.2 Å². The Hall–Kier alpha value is -8.36. The molecule has 25 heteroatoms. The van der Waals surface area contributed by atoms with Crippen molar-refractivity contribution in [2.75, 3.05) is 97.0 Å². The number of allylic oxidation sites excluding steroid dienone is 2. The van der Waals surface area contributed by atoms with Gasteiger partial charge in [0.25, 0.3) is 11.8 Å². The zero-order valence-corrected chi connectivity index (χ0v) is 55.6. The fourth-order valence-electron chi connectivity index (χ4n) is 11.8. The molecular formula is C70H94N8O17. The number of benzene rings is 3. The Morgan fingerprint density at radius 3 is 1.98 bits per heavy atom. The Labute approximate surface area is 556 Å². The number of amides is 7. The second kappa shape index (κ2) is 37.1. The van der Waals surface area contributed by atoms with Crippen molar-refractivity contribution in [3.8, 4) is 23.0 Å². The molecule has 95 heavy (non-hydrogen) atoms. The van der Waals surface area contributed by atoms with Gasteiger partial charge in [0.2, 0.25) is 23.6 Å². The van der Waals surface area contributed by atoms with E-state index < -0.39 is 54.1 Å². The highest BCUT2D eigenvalue weighted by Crippen LogP contribution is 2.43. The summed E-state index contributed by atoms with van der Waals surface area (Å²) in [6.07, 6.45) is 19.9. The van der Waals surface area contributed by atoms with Crippen LogP contribution in [-0.4, -0.2) is 180 Å². The van der Waals surface area contributed by atoms with Gasteiger partial charge in [0, 0.05) is 62.2 Å². The van der Waals surface area contributed by atoms with Gasteiger partial charge in [-0.05, 0) is 86.8 Å². The molecule has 5 atom stereocenters. The van der Waals surface area contributed by atoms with Gasteiger partial charge in [-0.1, -0.05) is 82.7 Å². The van der Waals surface area contributed by atoms with E-state index in [9.17, 15) is 38.7 Å². The topological polar surface area (TPSA) is 293 Å². The fourth-order valence-corrected chi connectivity index (χ4v) is 11.8. The molecule has 0 bridgehead atoms. The van der Waals surface area contributed by atoms with Crippen molar-refractivity contribution in [3.05, 3.63) is 101 Å². The van der Waals surface area contributed by atoms with E-state index in [4.69, 9.17) is 42.6 Å². The molecule has 1 fully saturated rings. The third-order valence-corrected chi connectivity index (χ3v) is 16.9. The predicted molar refractivity (Wildman–Crippen MR) is 355 cm³/mol. The lowest BCUT2D eigenvalue weighted by atomic mass is 9.93. The second-order valence-electron chi connectivity index (χ2n) is 24.3. The molecule has 0 spiro atoms. The van der Waals surface area contributed by atoms with Gasteiger partial charge in [-0.25, -0.2) is 9.69 Å². The number of carbonyl (C=O) groups excluding carboxylic acids is 7. The van der Waals surface area contributed by atoms with Crippen LogP contribution in [0.3, 0.4) is 0 Å². The van der Waals surface area contributed by atoms with E-state index in [0.29, 0.717) is 105 Å². The monoisotopic (exact) mass is 1320 g/mol. The van der Waals surface area contributed by atoms with Crippen LogP contribution in [0, 0.1) is 11.8 Å². The average Bonchev–Trinajstić information content (AvgIpc) is 1.61. The second-order valence-corrected chi connectivity index (χ2v) is 24.3. The predicted octanol–water partition coefficient (Wildman–Crippen LogP) is 8.44. The van der Waals surface area contributed by atoms with Crippen molar-refractivity contribution < 1.29 is 81.3 Å². The Bertz CT molecular complexity index is 3220. The molecule has 5 aliphatic rings. The third-order valence-electron chi connectivity index (χ3n) is 16.9. The normalized spacial score (nSPS) is 18.4. The Kier molecular flexibility index (Phi) is 28.3. The lowest BCUT2D eigenvalue weighted by Crippen LogP contribution is -2.53. The molecule has 0 radical (unpaired) electrons. The number of hydrogen-bond acceptors (Lipinski definition) is 18. The molecule has 4 aliphatic heterocycles. The highest BCUT2D eigenvalue weighted by atomic mass is 16.6. The lowest BCUT2D eigenvalue weighted by molar-refractivity contribution is -0.132. The highest BCUT2D eigenvalue weighted by Gasteiger charge is 2.45. The number of nitrogens with zero attached hydrogens (tertiary/aromatic N) is 4. The molecule has 25 nitrogen and oxygen atoms in total. The molecule has 5 N–H and O–H groups in total. The standard InChI is InChI=1S/C70H94N8O17/c1-7-16-50-37-57-69(85)78(56-42-61(59(88-6)40-54(56)68(84)77(57)44-50)94-28-15-27-93-60-41-55-53(39-58(60)87-5)67(83)76-26-14-19-52(76)43-72-55)70(86)95-45-49-20-22-51(23-21-49)74-65(81)47(4)73-66(82)64(46(2)3)75-62(79)24-29-89-31-33-91-35-36-92-34-32-90-30-25-71-63(80)38-48-17-12-10-8-9-11-13-18-48/h7,14,16,20-23,26,39-44,46-48,52,57,64,69,85H,8-13,15,17-19,24-25,27-38,45H2,1-6H3,(H,71,80)(H,73,82)(H,74,81)(H,75,79)/b16-7+/t47-,52-,57-,64-,69-/m0/s1. The maximum Gasteiger partial charge on any atom is 0.416 e. The molecule has 516 valence electrons. The first kappa shape index (κ1) is 72.5. The number of fused-ring (bicyclic) bond motifs is 4. The summed E-state index contributed by atoms with van der Waals surface area (Å²) < 4.78 is 51.8. The summed E-state index contributed by atoms with van der Waals surface area (Å²) >= 11 is 0. The maximum absolute atomic E-state index is 14.4. The zero-order valence-electron chi connectivity index (χ0n) is 55.6. The van der Waals surface area contributed by atoms with E-state index in [2.05, 4.69) is 26.3 Å². The van der Waals surface area contributed by atoms with Gasteiger partial charge < -0.3 is 78.8 Å². The molecule has 1 saturated carbocycles. The van der Waals surface area contributed by atoms with E-state index in [1.165, 1.54) is 76.7 Å². The maximum atomic E-state index is 14.4. The molecule has 0 saturated heterocycles. The summed E-state index contributed by atoms with van der Waals surface area (Å²) in [5.41, 5.74) is 2.60. The number of nitrogens with one attached hydrogen (secondary N) is 4. The van der Waals surface area contributed by atoms with Crippen LogP contribution in [0.5, 0.6) is 23.0 Å². The van der Waals surface area contributed by atoms with Gasteiger partial charge in [0.05, 0.1) is 115 Å². The Morgan fingerprint density at radius 2 is 1.33 bits per heavy atom. The van der Waals surface area contributed by atoms with Crippen molar-refractivity contribution >= 4 is 64.8 Å². The van der Waals surface area contributed by atoms with Gasteiger partial charge in [0.15, 0.2) is 29.2 Å². The zero-order chi connectivity index (χ0) is 67.6. The minimum absolute atomic E-state index is 0.000698. The summed E-state index contributed by atoms with van der Waals surface area (Å²) in [5.74, 6) is -0.743. The summed E-state index contributed by atoms with van der Waals surface area (Å²) in [6.45, 7) is 10.0. The molecule has 0 unspecified atom stereocenters. The molecule has 1 aliphatic carbocycles. The van der Waals surface area contributed by atoms with Crippen LogP contribution in [-0.2, 0) is 49.5 Å². The van der Waals surface area contributed by atoms with Crippen molar-refractivity contribution in [2.24, 2.45) is 16.8 Å². The number of carbonyl (C=O) groups is 7. The smallest absolute Gasteiger partial charge is 0.416 e. The van der Waals surface area contributed by atoms with Crippen LogP contribution >= 0.6 is 0 Å². The molecule has 3 aromatic rings. The van der Waals surface area contributed by atoms with E-state index in [0.717, 1.165) is 23.3 Å². The van der Waals surface area contributed by atoms with Gasteiger partial charge >= 0.3 is 6.09 Å². The fraction of sp³-hybridized carbons (Fsp3) is 0.543. The lowest BCUT2D eigenvalue weighted by Gasteiger charge is -2.31. The number of aliphatic hydroxyl groups excluding tert-OH is 1. The van der Waals surface area contributed by atoms with Crippen LogP contribution in [0.1, 0.15) is 137 Å². The van der Waals surface area contributed by atoms with Crippen LogP contribution in [0.4, 0.5) is 21.9 Å². The molecule has 0 aromatic heterocycles. The van der Waals surface area contributed by atoms with Crippen molar-refractivity contribution in [1.82, 2.24) is 25.8 Å². The van der Waals surface area contributed by atoms with Crippen molar-refractivity contribution in [2.45, 2.75) is 148 Å². The number of aliphatic imine (C=N–C) groups is 1. The summed E-state index contributed by atoms with van der Waals surface area (Å²) in [7, 11) is 2.91. The Morgan fingerprint density at radius 1 is 0.705 bits per heavy atom. The van der Waals surface area contributed by atoms with Crippen LogP contribution in [0.2, 0.25) is 0 Å². The number of aliphatic hydroxyl groups is 1. The van der Waals surface area contributed by atoms with Gasteiger partial charge in [0.1, 0.15) is 18.7 Å². The first-order valence-electron chi connectivity index (χ1n) is 33.2. The number of rotatable bonds is 34. The van der Waals surface area contributed by atoms with Crippen molar-refractivity contribution in [3.63, 3.8) is 0 Å². The number of anilines is 2. The first-order valence-corrected chi connectivity index (χ1v) is 33.2. The number of hydrogen-bond donors (Lipinski definition) is 5. The van der Waals surface area contributed by atoms with E-state index in [1.54, 1.807) is 73.8 Å².